The Morgan fingerprint density at radius 2 is 1.88 bits per heavy atom. The highest BCUT2D eigenvalue weighted by atomic mass is 79.9. The minimum Gasteiger partial charge on any atom is -0.496 e. The second-order valence-corrected chi connectivity index (χ2v) is 8.13. The van der Waals surface area contributed by atoms with Crippen molar-refractivity contribution in [2.24, 2.45) is 0 Å². The van der Waals surface area contributed by atoms with Crippen LogP contribution in [0.5, 0.6) is 11.5 Å². The third-order valence-corrected chi connectivity index (χ3v) is 5.68. The largest absolute Gasteiger partial charge is 0.496 e. The van der Waals surface area contributed by atoms with E-state index in [2.05, 4.69) is 35.9 Å². The van der Waals surface area contributed by atoms with Crippen LogP contribution in [0.3, 0.4) is 0 Å². The van der Waals surface area contributed by atoms with E-state index in [1.165, 1.54) is 25.4 Å². The van der Waals surface area contributed by atoms with E-state index in [0.29, 0.717) is 39.8 Å². The molecule has 0 fully saturated rings. The van der Waals surface area contributed by atoms with Gasteiger partial charge in [-0.25, -0.2) is 9.97 Å². The first-order valence-corrected chi connectivity index (χ1v) is 10.7. The number of alkyl halides is 3. The second kappa shape index (κ2) is 9.59. The monoisotopic (exact) mass is 556 g/mol. The van der Waals surface area contributed by atoms with Crippen LogP contribution in [0.1, 0.15) is 11.3 Å². The molecule has 0 aliphatic rings. The number of aromatic amines is 1. The second-order valence-electron chi connectivity index (χ2n) is 6.92. The summed E-state index contributed by atoms with van der Waals surface area (Å²) in [5.41, 5.74) is 1.04. The molecule has 3 heterocycles. The normalized spacial score (nSPS) is 11.5. The summed E-state index contributed by atoms with van der Waals surface area (Å²) >= 11 is 9.41. The minimum atomic E-state index is -4.49. The molecule has 4 rings (SSSR count). The summed E-state index contributed by atoms with van der Waals surface area (Å²) in [6, 6.07) is 8.61. The first kappa shape index (κ1) is 24.0. The van der Waals surface area contributed by atoms with Crippen molar-refractivity contribution in [2.75, 3.05) is 7.11 Å². The van der Waals surface area contributed by atoms with Crippen LogP contribution in [0.4, 0.5) is 17.6 Å². The van der Waals surface area contributed by atoms with Crippen LogP contribution in [0.15, 0.2) is 53.3 Å². The molecular formula is C22H14BrClF4N4O2. The first-order chi connectivity index (χ1) is 16.2. The Morgan fingerprint density at radius 1 is 1.09 bits per heavy atom. The number of H-pyrrole nitrogens is 1. The number of imidazole rings is 1. The van der Waals surface area contributed by atoms with E-state index in [-0.39, 0.29) is 16.2 Å². The lowest BCUT2D eigenvalue weighted by molar-refractivity contribution is -0.137. The lowest BCUT2D eigenvalue weighted by Gasteiger charge is -2.13. The Balaban J connectivity index is 1.55. The van der Waals surface area contributed by atoms with Crippen molar-refractivity contribution in [3.05, 3.63) is 75.6 Å². The van der Waals surface area contributed by atoms with Gasteiger partial charge in [-0.05, 0) is 46.3 Å². The van der Waals surface area contributed by atoms with E-state index in [9.17, 15) is 17.6 Å². The maximum Gasteiger partial charge on any atom is 0.417 e. The van der Waals surface area contributed by atoms with Gasteiger partial charge in [-0.1, -0.05) is 11.6 Å². The molecule has 0 spiro atoms. The number of nitrogens with zero attached hydrogens (tertiary/aromatic N) is 3. The SMILES string of the molecule is COc1cc(OCc2ncc(C(F)(F)F)cc2Br)ccc1-c1[nH]c(-c2ccc(F)nc2)nc1Cl. The number of hydrogen-bond acceptors (Lipinski definition) is 5. The van der Waals surface area contributed by atoms with E-state index < -0.39 is 17.7 Å². The molecule has 0 amide bonds. The van der Waals surface area contributed by atoms with Crippen molar-refractivity contribution in [3.8, 4) is 34.1 Å². The Kier molecular flexibility index (Phi) is 6.76. The summed E-state index contributed by atoms with van der Waals surface area (Å²) in [6.45, 7) is -0.0756. The van der Waals surface area contributed by atoms with Gasteiger partial charge in [-0.3, -0.25) is 4.98 Å². The number of nitrogens with one attached hydrogen (secondary N) is 1. The van der Waals surface area contributed by atoms with Crippen molar-refractivity contribution in [3.63, 3.8) is 0 Å². The molecule has 0 unspecified atom stereocenters. The number of methoxy groups -OCH3 is 1. The molecular weight excluding hydrogens is 544 g/mol. The molecule has 0 saturated carbocycles. The van der Waals surface area contributed by atoms with Gasteiger partial charge >= 0.3 is 6.18 Å². The molecule has 0 saturated heterocycles. The fourth-order valence-corrected chi connectivity index (χ4v) is 3.73. The third-order valence-electron chi connectivity index (χ3n) is 4.72. The average Bonchev–Trinajstić information content (AvgIpc) is 3.19. The number of aromatic nitrogens is 4. The molecule has 1 aromatic carbocycles. The zero-order valence-corrected chi connectivity index (χ0v) is 19.6. The zero-order valence-electron chi connectivity index (χ0n) is 17.3. The van der Waals surface area contributed by atoms with Gasteiger partial charge in [0.1, 0.15) is 23.9 Å². The van der Waals surface area contributed by atoms with Crippen LogP contribution in [0.25, 0.3) is 22.6 Å². The molecule has 3 aromatic heterocycles. The van der Waals surface area contributed by atoms with E-state index in [1.807, 2.05) is 0 Å². The van der Waals surface area contributed by atoms with E-state index in [1.54, 1.807) is 18.2 Å². The number of halogens is 6. The Labute approximate surface area is 204 Å². The van der Waals surface area contributed by atoms with E-state index in [4.69, 9.17) is 21.1 Å². The van der Waals surface area contributed by atoms with Crippen LogP contribution in [-0.2, 0) is 12.8 Å². The smallest absolute Gasteiger partial charge is 0.417 e. The van der Waals surface area contributed by atoms with Crippen molar-refractivity contribution in [2.45, 2.75) is 12.8 Å². The Hall–Kier alpha value is -3.18. The molecule has 1 N–H and O–H groups in total. The summed E-state index contributed by atoms with van der Waals surface area (Å²) in [4.78, 5) is 14.8. The molecule has 6 nitrogen and oxygen atoms in total. The topological polar surface area (TPSA) is 72.9 Å². The minimum absolute atomic E-state index is 0.0756. The highest BCUT2D eigenvalue weighted by molar-refractivity contribution is 9.10. The molecule has 0 aliphatic heterocycles. The quantitative estimate of drug-likeness (QED) is 0.211. The summed E-state index contributed by atoms with van der Waals surface area (Å²) in [6.07, 6.45) is -2.41. The first-order valence-electron chi connectivity index (χ1n) is 9.56. The molecule has 0 aliphatic carbocycles. The van der Waals surface area contributed by atoms with E-state index in [0.717, 1.165) is 12.3 Å². The molecule has 4 aromatic rings. The molecule has 0 bridgehead atoms. The van der Waals surface area contributed by atoms with Gasteiger partial charge in [0.2, 0.25) is 5.95 Å². The Bertz CT molecular complexity index is 1330. The highest BCUT2D eigenvalue weighted by Gasteiger charge is 2.31. The molecule has 12 heteroatoms. The van der Waals surface area contributed by atoms with Crippen LogP contribution in [-0.4, -0.2) is 27.0 Å². The lowest BCUT2D eigenvalue weighted by Crippen LogP contribution is -2.08. The van der Waals surface area contributed by atoms with Gasteiger partial charge in [0.25, 0.3) is 0 Å². The number of rotatable bonds is 6. The molecule has 176 valence electrons. The Morgan fingerprint density at radius 3 is 2.53 bits per heavy atom. The zero-order chi connectivity index (χ0) is 24.5. The molecule has 0 radical (unpaired) electrons. The van der Waals surface area contributed by atoms with Crippen molar-refractivity contribution < 1.29 is 27.0 Å². The predicted molar refractivity (Wildman–Crippen MR) is 120 cm³/mol. The van der Waals surface area contributed by atoms with Crippen LogP contribution >= 0.6 is 27.5 Å². The summed E-state index contributed by atoms with van der Waals surface area (Å²) in [7, 11) is 1.46. The van der Waals surface area contributed by atoms with Gasteiger partial charge in [0.05, 0.1) is 24.1 Å². The van der Waals surface area contributed by atoms with Gasteiger partial charge < -0.3 is 14.5 Å². The van der Waals surface area contributed by atoms with Crippen LogP contribution in [0, 0.1) is 5.95 Å². The number of benzene rings is 1. The van der Waals surface area contributed by atoms with Crippen molar-refractivity contribution >= 4 is 27.5 Å². The molecule has 0 atom stereocenters. The molecule has 34 heavy (non-hydrogen) atoms. The lowest BCUT2D eigenvalue weighted by atomic mass is 10.1. The maximum atomic E-state index is 13.1. The third kappa shape index (κ3) is 5.15. The van der Waals surface area contributed by atoms with Gasteiger partial charge in [-0.15, -0.1) is 0 Å². The number of hydrogen-bond donors (Lipinski definition) is 1. The fourth-order valence-electron chi connectivity index (χ4n) is 3.03. The summed E-state index contributed by atoms with van der Waals surface area (Å²) < 4.78 is 62.9. The van der Waals surface area contributed by atoms with E-state index >= 15 is 0 Å². The van der Waals surface area contributed by atoms with Crippen LogP contribution in [0.2, 0.25) is 5.15 Å². The predicted octanol–water partition coefficient (Wildman–Crippen LogP) is 6.70. The van der Waals surface area contributed by atoms with Gasteiger partial charge in [-0.2, -0.15) is 17.6 Å². The number of pyridine rings is 2. The van der Waals surface area contributed by atoms with Crippen LogP contribution < -0.4 is 9.47 Å². The highest BCUT2D eigenvalue weighted by Crippen LogP contribution is 2.37. The van der Waals surface area contributed by atoms with Crippen molar-refractivity contribution in [1.29, 1.82) is 0 Å². The van der Waals surface area contributed by atoms with Gasteiger partial charge in [0, 0.05) is 34.1 Å². The maximum absolute atomic E-state index is 13.1. The van der Waals surface area contributed by atoms with Crippen molar-refractivity contribution in [1.82, 2.24) is 19.9 Å². The standard InChI is InChI=1S/C22H14BrClF4N4O2/c1-33-17-7-13(34-10-16-15(23)6-12(9-29-16)22(26,27)28)3-4-14(17)19-20(24)32-21(31-19)11-2-5-18(25)30-8-11/h2-9H,10H2,1H3,(H,31,32). The van der Waals surface area contributed by atoms with Gasteiger partial charge in [0.15, 0.2) is 5.15 Å². The summed E-state index contributed by atoms with van der Waals surface area (Å²) in [5.74, 6) is 0.588. The average molecular weight is 558 g/mol. The number of ether oxygens (including phenoxy) is 2. The fraction of sp³-hybridized carbons (Fsp3) is 0.136. The summed E-state index contributed by atoms with van der Waals surface area (Å²) in [5, 5.41) is 0.171.